The Morgan fingerprint density at radius 2 is 2.00 bits per heavy atom. The molecule has 0 aliphatic heterocycles. The van der Waals surface area contributed by atoms with Gasteiger partial charge in [-0.05, 0) is 25.0 Å². The standard InChI is InChI=1S/C16H19F3N2O3/c1-2-24-15(23)20-8-7-14(22)21-13-9-11(13)10-5-3-4-6-12(10)16(17,18)19/h3-6,11,13H,2,7-9H2,1H3,(H,20,23)(H,21,22). The van der Waals surface area contributed by atoms with Gasteiger partial charge in [-0.25, -0.2) is 4.79 Å². The smallest absolute Gasteiger partial charge is 0.416 e. The molecule has 5 nitrogen and oxygen atoms in total. The van der Waals surface area contributed by atoms with E-state index in [-0.39, 0.29) is 43.0 Å². The highest BCUT2D eigenvalue weighted by molar-refractivity contribution is 5.78. The van der Waals surface area contributed by atoms with E-state index >= 15 is 0 Å². The molecule has 0 saturated heterocycles. The lowest BCUT2D eigenvalue weighted by atomic mass is 10.0. The molecule has 1 aromatic rings. The van der Waals surface area contributed by atoms with Crippen molar-refractivity contribution in [3.8, 4) is 0 Å². The first kappa shape index (κ1) is 18.1. The predicted molar refractivity (Wildman–Crippen MR) is 80.4 cm³/mol. The normalized spacial score (nSPS) is 19.5. The van der Waals surface area contributed by atoms with Gasteiger partial charge in [0.05, 0.1) is 12.2 Å². The zero-order chi connectivity index (χ0) is 17.7. The highest BCUT2D eigenvalue weighted by Crippen LogP contribution is 2.46. The van der Waals surface area contributed by atoms with Crippen LogP contribution < -0.4 is 10.6 Å². The van der Waals surface area contributed by atoms with Crippen LogP contribution in [0.4, 0.5) is 18.0 Å². The molecule has 2 rings (SSSR count). The van der Waals surface area contributed by atoms with Gasteiger partial charge in [-0.1, -0.05) is 18.2 Å². The van der Waals surface area contributed by atoms with Crippen molar-refractivity contribution < 1.29 is 27.5 Å². The van der Waals surface area contributed by atoms with Crippen LogP contribution in [-0.4, -0.2) is 31.2 Å². The van der Waals surface area contributed by atoms with Gasteiger partial charge in [-0.3, -0.25) is 4.79 Å². The Labute approximate surface area is 137 Å². The Bertz CT molecular complexity index is 604. The third-order valence-electron chi connectivity index (χ3n) is 3.70. The number of nitrogens with one attached hydrogen (secondary N) is 2. The summed E-state index contributed by atoms with van der Waals surface area (Å²) >= 11 is 0. The van der Waals surface area contributed by atoms with Crippen molar-refractivity contribution >= 4 is 12.0 Å². The molecule has 2 atom stereocenters. The summed E-state index contributed by atoms with van der Waals surface area (Å²) in [7, 11) is 0. The minimum atomic E-state index is -4.41. The SMILES string of the molecule is CCOC(=O)NCCC(=O)NC1CC1c1ccccc1C(F)(F)F. The van der Waals surface area contributed by atoms with Gasteiger partial charge in [0.15, 0.2) is 0 Å². The monoisotopic (exact) mass is 344 g/mol. The zero-order valence-corrected chi connectivity index (χ0v) is 13.2. The maximum absolute atomic E-state index is 13.0. The number of hydrogen-bond acceptors (Lipinski definition) is 3. The molecule has 0 spiro atoms. The van der Waals surface area contributed by atoms with Crippen LogP contribution in [0.5, 0.6) is 0 Å². The Kier molecular flexibility index (Phi) is 5.69. The van der Waals surface area contributed by atoms with Gasteiger partial charge in [0.25, 0.3) is 0 Å². The number of hydrogen-bond donors (Lipinski definition) is 2. The summed E-state index contributed by atoms with van der Waals surface area (Å²) in [6, 6.07) is 5.11. The fourth-order valence-corrected chi connectivity index (χ4v) is 2.52. The number of alkyl halides is 3. The van der Waals surface area contributed by atoms with E-state index in [0.717, 1.165) is 6.07 Å². The third kappa shape index (κ3) is 4.87. The molecule has 1 aliphatic rings. The Hall–Kier alpha value is -2.25. The number of alkyl carbamates (subject to hydrolysis) is 1. The summed E-state index contributed by atoms with van der Waals surface area (Å²) in [5.41, 5.74) is -0.448. The maximum Gasteiger partial charge on any atom is 0.416 e. The van der Waals surface area contributed by atoms with Gasteiger partial charge in [0.1, 0.15) is 0 Å². The molecule has 0 radical (unpaired) electrons. The number of halogens is 3. The van der Waals surface area contributed by atoms with Crippen molar-refractivity contribution in [2.75, 3.05) is 13.2 Å². The number of benzene rings is 1. The molecular formula is C16H19F3N2O3. The van der Waals surface area contributed by atoms with Crippen LogP contribution in [0.15, 0.2) is 24.3 Å². The molecule has 1 saturated carbocycles. The molecule has 1 fully saturated rings. The van der Waals surface area contributed by atoms with E-state index < -0.39 is 17.8 Å². The van der Waals surface area contributed by atoms with Gasteiger partial charge in [0.2, 0.25) is 5.91 Å². The Morgan fingerprint density at radius 1 is 1.29 bits per heavy atom. The first-order valence-electron chi connectivity index (χ1n) is 7.69. The molecular weight excluding hydrogens is 325 g/mol. The molecule has 132 valence electrons. The van der Waals surface area contributed by atoms with Crippen LogP contribution in [0.25, 0.3) is 0 Å². The summed E-state index contributed by atoms with van der Waals surface area (Å²) < 4.78 is 43.6. The number of ether oxygens (including phenoxy) is 1. The highest BCUT2D eigenvalue weighted by Gasteiger charge is 2.44. The summed E-state index contributed by atoms with van der Waals surface area (Å²) in [5, 5.41) is 5.10. The second-order valence-electron chi connectivity index (χ2n) is 5.50. The van der Waals surface area contributed by atoms with E-state index in [1.54, 1.807) is 13.0 Å². The third-order valence-corrected chi connectivity index (χ3v) is 3.70. The summed E-state index contributed by atoms with van der Waals surface area (Å²) in [6.45, 7) is 2.01. The van der Waals surface area contributed by atoms with Gasteiger partial charge in [-0.15, -0.1) is 0 Å². The van der Waals surface area contributed by atoms with Crippen LogP contribution >= 0.6 is 0 Å². The van der Waals surface area contributed by atoms with E-state index in [0.29, 0.717) is 6.42 Å². The van der Waals surface area contributed by atoms with E-state index in [9.17, 15) is 22.8 Å². The minimum Gasteiger partial charge on any atom is -0.450 e. The van der Waals surface area contributed by atoms with Gasteiger partial charge >= 0.3 is 12.3 Å². The number of carbonyl (C=O) groups is 2. The minimum absolute atomic E-state index is 0.0446. The van der Waals surface area contributed by atoms with Crippen molar-refractivity contribution in [3.05, 3.63) is 35.4 Å². The summed E-state index contributed by atoms with van der Waals surface area (Å²) in [5.74, 6) is -0.645. The maximum atomic E-state index is 13.0. The molecule has 0 aromatic heterocycles. The van der Waals surface area contributed by atoms with Crippen molar-refractivity contribution in [3.63, 3.8) is 0 Å². The largest absolute Gasteiger partial charge is 0.450 e. The molecule has 1 aromatic carbocycles. The molecule has 8 heteroatoms. The van der Waals surface area contributed by atoms with Crippen LogP contribution in [0, 0.1) is 0 Å². The lowest BCUT2D eigenvalue weighted by Gasteiger charge is -2.12. The first-order valence-corrected chi connectivity index (χ1v) is 7.69. The van der Waals surface area contributed by atoms with Crippen molar-refractivity contribution in [2.24, 2.45) is 0 Å². The van der Waals surface area contributed by atoms with E-state index in [4.69, 9.17) is 0 Å². The Morgan fingerprint density at radius 3 is 2.67 bits per heavy atom. The number of amides is 2. The van der Waals surface area contributed by atoms with E-state index in [2.05, 4.69) is 15.4 Å². The summed E-state index contributed by atoms with van der Waals surface area (Å²) in [4.78, 5) is 22.8. The first-order chi connectivity index (χ1) is 11.3. The molecule has 0 bridgehead atoms. The highest BCUT2D eigenvalue weighted by atomic mass is 19.4. The van der Waals surface area contributed by atoms with Crippen molar-refractivity contribution in [2.45, 2.75) is 37.9 Å². The van der Waals surface area contributed by atoms with Crippen LogP contribution in [0.2, 0.25) is 0 Å². The molecule has 2 unspecified atom stereocenters. The van der Waals surface area contributed by atoms with E-state index in [1.807, 2.05) is 0 Å². The van der Waals surface area contributed by atoms with Gasteiger partial charge in [-0.2, -0.15) is 13.2 Å². The average Bonchev–Trinajstić information content (AvgIpc) is 3.25. The topological polar surface area (TPSA) is 67.4 Å². The van der Waals surface area contributed by atoms with Gasteiger partial charge < -0.3 is 15.4 Å². The lowest BCUT2D eigenvalue weighted by Crippen LogP contribution is -2.32. The molecule has 0 heterocycles. The zero-order valence-electron chi connectivity index (χ0n) is 13.2. The van der Waals surface area contributed by atoms with Crippen LogP contribution in [0.1, 0.15) is 36.8 Å². The fraction of sp³-hybridized carbons (Fsp3) is 0.500. The average molecular weight is 344 g/mol. The second kappa shape index (κ2) is 7.55. The van der Waals surface area contributed by atoms with E-state index in [1.165, 1.54) is 12.1 Å². The van der Waals surface area contributed by atoms with Crippen LogP contribution in [0.3, 0.4) is 0 Å². The quantitative estimate of drug-likeness (QED) is 0.834. The lowest BCUT2D eigenvalue weighted by molar-refractivity contribution is -0.138. The van der Waals surface area contributed by atoms with Gasteiger partial charge in [0, 0.05) is 24.9 Å². The number of rotatable bonds is 6. The molecule has 2 amide bonds. The fourth-order valence-electron chi connectivity index (χ4n) is 2.52. The number of carbonyl (C=O) groups excluding carboxylic acids is 2. The molecule has 24 heavy (non-hydrogen) atoms. The van der Waals surface area contributed by atoms with Crippen molar-refractivity contribution in [1.82, 2.24) is 10.6 Å². The van der Waals surface area contributed by atoms with Crippen LogP contribution in [-0.2, 0) is 15.7 Å². The Balaban J connectivity index is 1.82. The molecule has 2 N–H and O–H groups in total. The predicted octanol–water partition coefficient (Wildman–Crippen LogP) is 2.81. The molecule has 1 aliphatic carbocycles. The second-order valence-corrected chi connectivity index (χ2v) is 5.50. The summed E-state index contributed by atoms with van der Waals surface area (Å²) in [6.07, 6.45) is -4.49. The van der Waals surface area contributed by atoms with Crippen molar-refractivity contribution in [1.29, 1.82) is 0 Å².